The molecule has 0 saturated carbocycles. The zero-order valence-electron chi connectivity index (χ0n) is 19.0. The van der Waals surface area contributed by atoms with Gasteiger partial charge < -0.3 is 14.8 Å². The number of amides is 3. The number of ether oxygens (including phenoxy) is 2. The van der Waals surface area contributed by atoms with Crippen LogP contribution in [0.3, 0.4) is 0 Å². The van der Waals surface area contributed by atoms with Crippen molar-refractivity contribution >= 4 is 51.1 Å². The van der Waals surface area contributed by atoms with Gasteiger partial charge in [-0.15, -0.1) is 0 Å². The van der Waals surface area contributed by atoms with Crippen molar-refractivity contribution in [1.29, 1.82) is 0 Å². The SMILES string of the molecule is COc1cc(/C=C2/C(=O)NN(c3ccccc3)C2=O)cc(Br)c1OCC(=O)Nc1ccccc1C. The van der Waals surface area contributed by atoms with Gasteiger partial charge in [-0.2, -0.15) is 0 Å². The van der Waals surface area contributed by atoms with E-state index in [9.17, 15) is 14.4 Å². The van der Waals surface area contributed by atoms with Crippen LogP contribution in [0.25, 0.3) is 6.08 Å². The topological polar surface area (TPSA) is 97.0 Å². The van der Waals surface area contributed by atoms with E-state index in [1.807, 2.05) is 37.3 Å². The zero-order valence-corrected chi connectivity index (χ0v) is 20.6. The lowest BCUT2D eigenvalue weighted by Crippen LogP contribution is -2.35. The molecule has 1 heterocycles. The quantitative estimate of drug-likeness (QED) is 0.348. The molecule has 3 aromatic carbocycles. The van der Waals surface area contributed by atoms with Gasteiger partial charge in [-0.1, -0.05) is 36.4 Å². The number of halogens is 1. The van der Waals surface area contributed by atoms with Gasteiger partial charge in [0.1, 0.15) is 5.57 Å². The predicted octanol–water partition coefficient (Wildman–Crippen LogP) is 4.25. The summed E-state index contributed by atoms with van der Waals surface area (Å²) < 4.78 is 11.6. The molecule has 0 bridgehead atoms. The molecule has 1 aliphatic heterocycles. The molecule has 8 nitrogen and oxygen atoms in total. The third-order valence-corrected chi connectivity index (χ3v) is 5.82. The Morgan fingerprint density at radius 3 is 2.51 bits per heavy atom. The van der Waals surface area contributed by atoms with Gasteiger partial charge in [0.25, 0.3) is 17.7 Å². The molecule has 2 N–H and O–H groups in total. The molecule has 3 aromatic rings. The van der Waals surface area contributed by atoms with Gasteiger partial charge in [0.2, 0.25) is 0 Å². The number of nitrogens with zero attached hydrogens (tertiary/aromatic N) is 1. The number of carbonyl (C=O) groups is 3. The van der Waals surface area contributed by atoms with Crippen LogP contribution in [0.1, 0.15) is 11.1 Å². The number of nitrogens with one attached hydrogen (secondary N) is 2. The van der Waals surface area contributed by atoms with Crippen molar-refractivity contribution in [3.05, 3.63) is 87.9 Å². The van der Waals surface area contributed by atoms with Gasteiger partial charge >= 0.3 is 0 Å². The van der Waals surface area contributed by atoms with Gasteiger partial charge in [0.05, 0.1) is 17.3 Å². The molecule has 35 heavy (non-hydrogen) atoms. The molecule has 0 unspecified atom stereocenters. The average Bonchev–Trinajstić information content (AvgIpc) is 3.13. The molecule has 0 aliphatic carbocycles. The summed E-state index contributed by atoms with van der Waals surface area (Å²) in [5.74, 6) is -0.649. The minimum absolute atomic E-state index is 0.0194. The van der Waals surface area contributed by atoms with Crippen LogP contribution in [0.15, 0.2) is 76.8 Å². The first-order valence-electron chi connectivity index (χ1n) is 10.7. The normalized spacial score (nSPS) is 14.1. The summed E-state index contributed by atoms with van der Waals surface area (Å²) in [5.41, 5.74) is 5.29. The van der Waals surface area contributed by atoms with Gasteiger partial charge in [0.15, 0.2) is 18.1 Å². The number of carbonyl (C=O) groups excluding carboxylic acids is 3. The summed E-state index contributed by atoms with van der Waals surface area (Å²) in [4.78, 5) is 37.7. The lowest BCUT2D eigenvalue weighted by atomic mass is 10.1. The maximum absolute atomic E-state index is 12.8. The Morgan fingerprint density at radius 2 is 1.80 bits per heavy atom. The van der Waals surface area contributed by atoms with E-state index in [2.05, 4.69) is 26.7 Å². The Hall–Kier alpha value is -4.11. The molecule has 9 heteroatoms. The van der Waals surface area contributed by atoms with Crippen LogP contribution in [0.2, 0.25) is 0 Å². The molecule has 0 aromatic heterocycles. The number of hydrazine groups is 1. The van der Waals surface area contributed by atoms with Crippen molar-refractivity contribution < 1.29 is 23.9 Å². The number of anilines is 2. The van der Waals surface area contributed by atoms with E-state index >= 15 is 0 Å². The maximum Gasteiger partial charge on any atom is 0.282 e. The van der Waals surface area contributed by atoms with Crippen LogP contribution < -0.4 is 25.2 Å². The number of para-hydroxylation sites is 2. The van der Waals surface area contributed by atoms with Gasteiger partial charge in [-0.3, -0.25) is 19.8 Å². The Labute approximate surface area is 210 Å². The molecule has 1 saturated heterocycles. The number of methoxy groups -OCH3 is 1. The highest BCUT2D eigenvalue weighted by Gasteiger charge is 2.34. The number of hydrogen-bond acceptors (Lipinski definition) is 5. The summed E-state index contributed by atoms with van der Waals surface area (Å²) in [5, 5.41) is 4.01. The smallest absolute Gasteiger partial charge is 0.282 e. The molecule has 3 amide bonds. The molecule has 0 spiro atoms. The first-order valence-corrected chi connectivity index (χ1v) is 11.4. The Kier molecular flexibility index (Phi) is 7.17. The van der Waals surface area contributed by atoms with E-state index < -0.39 is 11.8 Å². The van der Waals surface area contributed by atoms with Crippen LogP contribution >= 0.6 is 15.9 Å². The van der Waals surface area contributed by atoms with E-state index in [0.29, 0.717) is 32.9 Å². The van der Waals surface area contributed by atoms with Crippen molar-refractivity contribution in [1.82, 2.24) is 5.43 Å². The molecule has 0 radical (unpaired) electrons. The Balaban J connectivity index is 1.51. The molecule has 178 valence electrons. The fourth-order valence-corrected chi connectivity index (χ4v) is 4.06. The average molecular weight is 536 g/mol. The second kappa shape index (κ2) is 10.4. The van der Waals surface area contributed by atoms with Gasteiger partial charge in [-0.25, -0.2) is 5.01 Å². The van der Waals surface area contributed by atoms with Crippen molar-refractivity contribution in [2.75, 3.05) is 24.0 Å². The maximum atomic E-state index is 12.8. The van der Waals surface area contributed by atoms with Crippen molar-refractivity contribution in [3.8, 4) is 11.5 Å². The van der Waals surface area contributed by atoms with E-state index in [1.54, 1.807) is 36.4 Å². The number of aryl methyl sites for hydroxylation is 1. The largest absolute Gasteiger partial charge is 0.493 e. The molecule has 4 rings (SSSR count). The fraction of sp³-hybridized carbons (Fsp3) is 0.115. The molecule has 1 fully saturated rings. The third kappa shape index (κ3) is 5.36. The van der Waals surface area contributed by atoms with Gasteiger partial charge in [-0.05, 0) is 70.4 Å². The highest BCUT2D eigenvalue weighted by molar-refractivity contribution is 9.10. The van der Waals surface area contributed by atoms with E-state index in [0.717, 1.165) is 5.56 Å². The van der Waals surface area contributed by atoms with Crippen LogP contribution in [0.5, 0.6) is 11.5 Å². The number of benzene rings is 3. The van der Waals surface area contributed by atoms with E-state index in [1.165, 1.54) is 18.2 Å². The van der Waals surface area contributed by atoms with Crippen LogP contribution in [0.4, 0.5) is 11.4 Å². The lowest BCUT2D eigenvalue weighted by Gasteiger charge is -2.14. The predicted molar refractivity (Wildman–Crippen MR) is 136 cm³/mol. The summed E-state index contributed by atoms with van der Waals surface area (Å²) in [6, 6.07) is 19.6. The summed E-state index contributed by atoms with van der Waals surface area (Å²) in [6.07, 6.45) is 1.47. The first-order chi connectivity index (χ1) is 16.9. The highest BCUT2D eigenvalue weighted by atomic mass is 79.9. The molecule has 0 atom stereocenters. The van der Waals surface area contributed by atoms with Crippen LogP contribution in [0, 0.1) is 6.92 Å². The first kappa shape index (κ1) is 24.0. The second-order valence-electron chi connectivity index (χ2n) is 7.66. The fourth-order valence-electron chi connectivity index (χ4n) is 3.48. The van der Waals surface area contributed by atoms with Gasteiger partial charge in [0, 0.05) is 5.69 Å². The van der Waals surface area contributed by atoms with Crippen LogP contribution in [-0.2, 0) is 14.4 Å². The van der Waals surface area contributed by atoms with E-state index in [-0.39, 0.29) is 18.1 Å². The van der Waals surface area contributed by atoms with Crippen molar-refractivity contribution in [2.45, 2.75) is 6.92 Å². The Bertz CT molecular complexity index is 1320. The molecular weight excluding hydrogens is 514 g/mol. The second-order valence-corrected chi connectivity index (χ2v) is 8.52. The summed E-state index contributed by atoms with van der Waals surface area (Å²) >= 11 is 3.43. The number of hydrogen-bond donors (Lipinski definition) is 2. The minimum Gasteiger partial charge on any atom is -0.493 e. The molecular formula is C26H22BrN3O5. The standard InChI is InChI=1S/C26H22BrN3O5/c1-16-8-6-7-11-21(16)28-23(31)15-35-24-20(27)13-17(14-22(24)34-2)12-19-25(32)29-30(26(19)33)18-9-4-3-5-10-18/h3-14H,15H2,1-2H3,(H,28,31)(H,29,32)/b19-12-. The van der Waals surface area contributed by atoms with Crippen molar-refractivity contribution in [2.24, 2.45) is 0 Å². The summed E-state index contributed by atoms with van der Waals surface area (Å²) in [7, 11) is 1.46. The monoisotopic (exact) mass is 535 g/mol. The third-order valence-electron chi connectivity index (χ3n) is 5.24. The minimum atomic E-state index is -0.512. The lowest BCUT2D eigenvalue weighted by molar-refractivity contribution is -0.118. The zero-order chi connectivity index (χ0) is 24.9. The van der Waals surface area contributed by atoms with E-state index in [4.69, 9.17) is 9.47 Å². The summed E-state index contributed by atoms with van der Waals surface area (Å²) in [6.45, 7) is 1.66. The number of rotatable bonds is 7. The van der Waals surface area contributed by atoms with Crippen molar-refractivity contribution in [3.63, 3.8) is 0 Å². The highest BCUT2D eigenvalue weighted by Crippen LogP contribution is 2.37. The Morgan fingerprint density at radius 1 is 1.09 bits per heavy atom. The molecule has 1 aliphatic rings. The van der Waals surface area contributed by atoms with Crippen LogP contribution in [-0.4, -0.2) is 31.4 Å².